The van der Waals surface area contributed by atoms with Crippen LogP contribution >= 0.6 is 0 Å². The third-order valence-electron chi connectivity index (χ3n) is 4.94. The van der Waals surface area contributed by atoms with Crippen LogP contribution in [0.15, 0.2) is 54.6 Å². The lowest BCUT2D eigenvalue weighted by Crippen LogP contribution is -2.54. The topological polar surface area (TPSA) is 52.6 Å². The molecule has 2 heterocycles. The Morgan fingerprint density at radius 1 is 1.08 bits per heavy atom. The lowest BCUT2D eigenvalue weighted by molar-refractivity contribution is -0.253. The van der Waals surface area contributed by atoms with Gasteiger partial charge in [-0.25, -0.2) is 0 Å². The summed E-state index contributed by atoms with van der Waals surface area (Å²) in [6.45, 7) is 0.0222. The highest BCUT2D eigenvalue weighted by Gasteiger charge is 2.72. The van der Waals surface area contributed by atoms with Gasteiger partial charge in [0.2, 0.25) is 5.60 Å². The summed E-state index contributed by atoms with van der Waals surface area (Å²) in [4.78, 5) is 13.7. The molecule has 1 fully saturated rings. The van der Waals surface area contributed by atoms with Crippen LogP contribution in [-0.2, 0) is 11.3 Å². The molecule has 3 atom stereocenters. The zero-order valence-electron chi connectivity index (χ0n) is 13.0. The Kier molecular flexibility index (Phi) is 3.34. The number of carbonyl (C=O) groups excluding carboxylic acids is 1. The number of hydrogen-bond donors (Lipinski definition) is 2. The van der Waals surface area contributed by atoms with Crippen LogP contribution in [0.3, 0.4) is 0 Å². The summed E-state index contributed by atoms with van der Waals surface area (Å²) in [5.74, 6) is -2.78. The zero-order chi connectivity index (χ0) is 17.8. The van der Waals surface area contributed by atoms with E-state index < -0.39 is 29.8 Å². The molecule has 1 amide bonds. The Morgan fingerprint density at radius 3 is 2.40 bits per heavy atom. The highest BCUT2D eigenvalue weighted by molar-refractivity contribution is 5.92. The van der Waals surface area contributed by atoms with E-state index in [1.54, 1.807) is 42.5 Å². The third-order valence-corrected chi connectivity index (χ3v) is 4.94. The summed E-state index contributed by atoms with van der Waals surface area (Å²) in [6, 6.07) is 14.9. The van der Waals surface area contributed by atoms with Crippen molar-refractivity contribution in [2.45, 2.75) is 30.4 Å². The number of para-hydroxylation sites is 1. The first-order valence-corrected chi connectivity index (χ1v) is 7.83. The van der Waals surface area contributed by atoms with E-state index in [2.05, 4.69) is 5.32 Å². The van der Waals surface area contributed by atoms with E-state index in [4.69, 9.17) is 0 Å². The van der Waals surface area contributed by atoms with Crippen molar-refractivity contribution in [3.8, 4) is 0 Å². The van der Waals surface area contributed by atoms with Gasteiger partial charge < -0.3 is 15.3 Å². The number of nitrogens with zero attached hydrogens (tertiary/aromatic N) is 1. The van der Waals surface area contributed by atoms with E-state index in [1.807, 2.05) is 0 Å². The first kappa shape index (κ1) is 16.0. The first-order valence-electron chi connectivity index (χ1n) is 7.83. The number of rotatable bonds is 1. The largest absolute Gasteiger partial charge is 0.427 e. The first-order chi connectivity index (χ1) is 11.8. The second-order valence-electron chi connectivity index (χ2n) is 6.33. The molecule has 0 aromatic heterocycles. The van der Waals surface area contributed by atoms with Crippen LogP contribution in [0.1, 0.15) is 17.0 Å². The van der Waals surface area contributed by atoms with E-state index in [1.165, 1.54) is 12.1 Å². The maximum Gasteiger partial charge on any atom is 0.427 e. The molecular formula is C18H15F3N2O2. The highest BCUT2D eigenvalue weighted by atomic mass is 19.4. The molecule has 0 aliphatic carbocycles. The molecule has 1 saturated heterocycles. The van der Waals surface area contributed by atoms with E-state index >= 15 is 0 Å². The van der Waals surface area contributed by atoms with Gasteiger partial charge in [0.1, 0.15) is 6.17 Å². The van der Waals surface area contributed by atoms with Crippen molar-refractivity contribution in [1.29, 1.82) is 0 Å². The van der Waals surface area contributed by atoms with Crippen LogP contribution < -0.4 is 5.32 Å². The predicted molar refractivity (Wildman–Crippen MR) is 84.6 cm³/mol. The minimum atomic E-state index is -5.09. The van der Waals surface area contributed by atoms with Gasteiger partial charge in [-0.3, -0.25) is 4.79 Å². The number of hydrogen-bond acceptors (Lipinski definition) is 3. The molecule has 7 heteroatoms. The van der Waals surface area contributed by atoms with E-state index in [0.717, 1.165) is 4.90 Å². The van der Waals surface area contributed by atoms with Gasteiger partial charge in [-0.15, -0.1) is 0 Å². The van der Waals surface area contributed by atoms with E-state index in [9.17, 15) is 23.1 Å². The van der Waals surface area contributed by atoms with Crippen molar-refractivity contribution < 1.29 is 23.1 Å². The van der Waals surface area contributed by atoms with E-state index in [0.29, 0.717) is 11.3 Å². The van der Waals surface area contributed by atoms with Gasteiger partial charge >= 0.3 is 6.18 Å². The van der Waals surface area contributed by atoms with Crippen LogP contribution in [0, 0.1) is 0 Å². The van der Waals surface area contributed by atoms with Crippen molar-refractivity contribution in [1.82, 2.24) is 4.90 Å². The summed E-state index contributed by atoms with van der Waals surface area (Å²) in [6.07, 6.45) is -6.06. The molecule has 0 spiro atoms. The van der Waals surface area contributed by atoms with Crippen LogP contribution in [0.5, 0.6) is 0 Å². The maximum atomic E-state index is 13.8. The maximum absolute atomic E-state index is 13.8. The van der Waals surface area contributed by atoms with Gasteiger partial charge in [0.05, 0.1) is 5.92 Å². The lowest BCUT2D eigenvalue weighted by Gasteiger charge is -2.36. The predicted octanol–water partition coefficient (Wildman–Crippen LogP) is 2.86. The molecule has 2 aliphatic rings. The molecule has 0 radical (unpaired) electrons. The van der Waals surface area contributed by atoms with Gasteiger partial charge in [-0.1, -0.05) is 48.5 Å². The van der Waals surface area contributed by atoms with Gasteiger partial charge in [0.15, 0.2) is 0 Å². The molecule has 2 aromatic carbocycles. The molecule has 0 saturated carbocycles. The number of alkyl halides is 3. The fraction of sp³-hybridized carbons (Fsp3) is 0.278. The summed E-state index contributed by atoms with van der Waals surface area (Å²) >= 11 is 0. The molecule has 2 aromatic rings. The van der Waals surface area contributed by atoms with Crippen molar-refractivity contribution in [2.24, 2.45) is 0 Å². The van der Waals surface area contributed by atoms with Crippen molar-refractivity contribution in [3.05, 3.63) is 65.7 Å². The Balaban J connectivity index is 1.88. The summed E-state index contributed by atoms with van der Waals surface area (Å²) in [5.41, 5.74) is -1.82. The number of halogens is 3. The fourth-order valence-corrected chi connectivity index (χ4v) is 3.74. The number of nitrogens with one attached hydrogen (secondary N) is 1. The van der Waals surface area contributed by atoms with Crippen molar-refractivity contribution in [3.63, 3.8) is 0 Å². The zero-order valence-corrected chi connectivity index (χ0v) is 13.0. The minimum absolute atomic E-state index is 0.0222. The third kappa shape index (κ3) is 2.15. The fourth-order valence-electron chi connectivity index (χ4n) is 3.74. The smallest absolute Gasteiger partial charge is 0.372 e. The average Bonchev–Trinajstić information content (AvgIpc) is 2.82. The molecule has 0 bridgehead atoms. The summed E-state index contributed by atoms with van der Waals surface area (Å²) < 4.78 is 41.3. The van der Waals surface area contributed by atoms with E-state index in [-0.39, 0.29) is 12.1 Å². The van der Waals surface area contributed by atoms with Gasteiger partial charge in [-0.05, 0) is 17.2 Å². The van der Waals surface area contributed by atoms with Crippen LogP contribution in [-0.4, -0.2) is 33.9 Å². The van der Waals surface area contributed by atoms with Crippen LogP contribution in [0.25, 0.3) is 0 Å². The van der Waals surface area contributed by atoms with Gasteiger partial charge in [0.25, 0.3) is 5.91 Å². The molecule has 25 heavy (non-hydrogen) atoms. The van der Waals surface area contributed by atoms with Crippen molar-refractivity contribution >= 4 is 11.6 Å². The Morgan fingerprint density at radius 2 is 1.72 bits per heavy atom. The molecule has 130 valence electrons. The summed E-state index contributed by atoms with van der Waals surface area (Å²) in [7, 11) is 0. The molecule has 4 nitrogen and oxygen atoms in total. The van der Waals surface area contributed by atoms with Gasteiger partial charge in [0, 0.05) is 12.2 Å². The van der Waals surface area contributed by atoms with Crippen LogP contribution in [0.4, 0.5) is 18.9 Å². The average molecular weight is 348 g/mol. The number of anilines is 1. The molecular weight excluding hydrogens is 333 g/mol. The number of fused-ring (bicyclic) bond motifs is 2. The number of aliphatic hydroxyl groups is 1. The van der Waals surface area contributed by atoms with Gasteiger partial charge in [-0.2, -0.15) is 13.2 Å². The SMILES string of the molecule is O=C1N2Cc3ccccc3NC2C(c2ccccc2)C1(O)C(F)(F)F. The molecule has 2 aliphatic heterocycles. The number of benzene rings is 2. The molecule has 3 unspecified atom stereocenters. The monoisotopic (exact) mass is 348 g/mol. The highest BCUT2D eigenvalue weighted by Crippen LogP contribution is 2.52. The van der Waals surface area contributed by atoms with Crippen LogP contribution in [0.2, 0.25) is 0 Å². The molecule has 4 rings (SSSR count). The Bertz CT molecular complexity index is 825. The second-order valence-corrected chi connectivity index (χ2v) is 6.33. The minimum Gasteiger partial charge on any atom is -0.372 e. The Labute approximate surface area is 141 Å². The quantitative estimate of drug-likeness (QED) is 0.833. The number of amides is 1. The second kappa shape index (κ2) is 5.23. The Hall–Kier alpha value is -2.54. The normalized spacial score (nSPS) is 28.3. The standard InChI is InChI=1S/C18H15F3N2O2/c19-18(20,21)17(25)14(11-6-2-1-3-7-11)15-22-13-9-5-4-8-12(13)10-23(15)16(17)24/h1-9,14-15,22,25H,10H2. The lowest BCUT2D eigenvalue weighted by atomic mass is 9.82. The number of carbonyl (C=O) groups is 1. The van der Waals surface area contributed by atoms with Crippen molar-refractivity contribution in [2.75, 3.05) is 5.32 Å². The molecule has 2 N–H and O–H groups in total. The summed E-state index contributed by atoms with van der Waals surface area (Å²) in [5, 5.41) is 13.6.